The van der Waals surface area contributed by atoms with Gasteiger partial charge in [0.25, 0.3) is 0 Å². The lowest BCUT2D eigenvalue weighted by Gasteiger charge is -2.30. The first-order valence-corrected chi connectivity index (χ1v) is 15.6. The predicted octanol–water partition coefficient (Wildman–Crippen LogP) is 4.04. The lowest BCUT2D eigenvalue weighted by atomic mass is 9.99. The van der Waals surface area contributed by atoms with Crippen molar-refractivity contribution in [2.45, 2.75) is 61.2 Å². The summed E-state index contributed by atoms with van der Waals surface area (Å²) in [7, 11) is -3.97. The Morgan fingerprint density at radius 2 is 1.58 bits per heavy atom. The molecular formula is C27H35N3O4S2. The Hall–Kier alpha value is -2.49. The minimum absolute atomic E-state index is 0.0684. The van der Waals surface area contributed by atoms with Crippen LogP contribution in [-0.4, -0.2) is 49.5 Å². The van der Waals surface area contributed by atoms with Crippen LogP contribution in [-0.2, 0) is 20.6 Å². The number of aliphatic hydroxyl groups excluding tert-OH is 1. The highest BCUT2D eigenvalue weighted by atomic mass is 32.2. The first-order valence-electron chi connectivity index (χ1n) is 12.5. The van der Waals surface area contributed by atoms with E-state index in [1.54, 1.807) is 17.1 Å². The summed E-state index contributed by atoms with van der Waals surface area (Å²) in [6, 6.07) is 18.9. The summed E-state index contributed by atoms with van der Waals surface area (Å²) in [6.07, 6.45) is 8.06. The maximum absolute atomic E-state index is 12.5. The number of aliphatic hydroxyl groups is 1. The van der Waals surface area contributed by atoms with Crippen molar-refractivity contribution in [1.29, 1.82) is 0 Å². The van der Waals surface area contributed by atoms with Gasteiger partial charge in [0.15, 0.2) is 9.84 Å². The van der Waals surface area contributed by atoms with Crippen molar-refractivity contribution in [3.05, 3.63) is 84.2 Å². The predicted molar refractivity (Wildman–Crippen MR) is 145 cm³/mol. The molecule has 5 unspecified atom stereocenters. The second-order valence-corrected chi connectivity index (χ2v) is 13.6. The van der Waals surface area contributed by atoms with Crippen molar-refractivity contribution in [1.82, 2.24) is 9.78 Å². The van der Waals surface area contributed by atoms with Crippen LogP contribution in [0.4, 0.5) is 5.69 Å². The van der Waals surface area contributed by atoms with Crippen LogP contribution < -0.4 is 5.73 Å². The minimum atomic E-state index is -3.11. The van der Waals surface area contributed by atoms with E-state index in [1.807, 2.05) is 60.7 Å². The van der Waals surface area contributed by atoms with Crippen LogP contribution in [0.1, 0.15) is 61.8 Å². The van der Waals surface area contributed by atoms with E-state index in [0.29, 0.717) is 12.1 Å². The second kappa shape index (κ2) is 12.2. The van der Waals surface area contributed by atoms with E-state index in [4.69, 9.17) is 5.73 Å². The smallest absolute Gasteiger partial charge is 0.155 e. The van der Waals surface area contributed by atoms with Gasteiger partial charge in [0.2, 0.25) is 0 Å². The summed E-state index contributed by atoms with van der Waals surface area (Å²) < 4.78 is 38.5. The highest BCUT2D eigenvalue weighted by Crippen LogP contribution is 2.33. The first kappa shape index (κ1) is 26.6. The molecule has 194 valence electrons. The number of sulfone groups is 1. The van der Waals surface area contributed by atoms with E-state index >= 15 is 0 Å². The summed E-state index contributed by atoms with van der Waals surface area (Å²) in [5.41, 5.74) is 8.15. The molecule has 0 bridgehead atoms. The third kappa shape index (κ3) is 6.44. The first-order chi connectivity index (χ1) is 17.4. The molecule has 7 nitrogen and oxygen atoms in total. The molecule has 5 atom stereocenters. The number of aromatic nitrogens is 2. The van der Waals surface area contributed by atoms with E-state index in [0.717, 1.165) is 49.0 Å². The van der Waals surface area contributed by atoms with Gasteiger partial charge in [-0.2, -0.15) is 5.10 Å². The van der Waals surface area contributed by atoms with Gasteiger partial charge in [0.05, 0.1) is 40.3 Å². The highest BCUT2D eigenvalue weighted by Gasteiger charge is 2.37. The van der Waals surface area contributed by atoms with Crippen LogP contribution in [0.25, 0.3) is 0 Å². The molecule has 0 saturated carbocycles. The summed E-state index contributed by atoms with van der Waals surface area (Å²) in [4.78, 5) is 0. The zero-order chi connectivity index (χ0) is 25.5. The fourth-order valence-electron chi connectivity index (χ4n) is 5.07. The molecule has 0 spiro atoms. The number of hydrogen-bond acceptors (Lipinski definition) is 6. The zero-order valence-corrected chi connectivity index (χ0v) is 22.0. The molecular weight excluding hydrogens is 494 g/mol. The van der Waals surface area contributed by atoms with Crippen molar-refractivity contribution < 1.29 is 17.7 Å². The van der Waals surface area contributed by atoms with Crippen LogP contribution in [0.3, 0.4) is 0 Å². The molecule has 2 aliphatic rings. The van der Waals surface area contributed by atoms with E-state index < -0.39 is 32.0 Å². The second-order valence-electron chi connectivity index (χ2n) is 9.49. The zero-order valence-electron chi connectivity index (χ0n) is 20.4. The molecule has 1 aromatic heterocycles. The molecule has 2 fully saturated rings. The Morgan fingerprint density at radius 3 is 2.17 bits per heavy atom. The van der Waals surface area contributed by atoms with Gasteiger partial charge in [0.1, 0.15) is 0 Å². The van der Waals surface area contributed by atoms with Gasteiger partial charge < -0.3 is 10.8 Å². The van der Waals surface area contributed by atoms with Gasteiger partial charge in [-0.3, -0.25) is 8.89 Å². The number of benzene rings is 2. The average molecular weight is 530 g/mol. The van der Waals surface area contributed by atoms with Gasteiger partial charge >= 0.3 is 0 Å². The molecule has 0 radical (unpaired) electrons. The standard InChI is InChI=1S/C15H19N3O2S.C12H16O2S/c16-13-10-17-18(11-13)15(12-6-2-1-3-7-12)14-8-4-5-9-21(14,19)20;13-12(10-6-2-1-3-7-10)11-8-4-5-9-15(11)14/h1-3,6-7,10-11,14-15H,4-5,8-9,16H2;1-3,6-7,11-13H,4-5,8-9H2. The van der Waals surface area contributed by atoms with E-state index in [-0.39, 0.29) is 17.0 Å². The molecule has 36 heavy (non-hydrogen) atoms. The number of hydrogen-bond donors (Lipinski definition) is 2. The van der Waals surface area contributed by atoms with Crippen molar-refractivity contribution in [2.24, 2.45) is 0 Å². The molecule has 3 heterocycles. The minimum Gasteiger partial charge on any atom is -0.396 e. The summed E-state index contributed by atoms with van der Waals surface area (Å²) in [5, 5.41) is 13.9. The van der Waals surface area contributed by atoms with Crippen molar-refractivity contribution in [3.63, 3.8) is 0 Å². The highest BCUT2D eigenvalue weighted by molar-refractivity contribution is 7.92. The number of rotatable bonds is 5. The van der Waals surface area contributed by atoms with Gasteiger partial charge in [-0.05, 0) is 36.8 Å². The number of nitrogen functional groups attached to an aromatic ring is 1. The van der Waals surface area contributed by atoms with Gasteiger partial charge in [-0.25, -0.2) is 8.42 Å². The Balaban J connectivity index is 0.000000179. The molecule has 2 saturated heterocycles. The summed E-state index contributed by atoms with van der Waals surface area (Å²) >= 11 is 0. The number of nitrogens with two attached hydrogens (primary N) is 1. The molecule has 9 heteroatoms. The number of anilines is 1. The normalized spacial score (nSPS) is 25.2. The quantitative estimate of drug-likeness (QED) is 0.515. The SMILES string of the molecule is Nc1cnn(C(c2ccccc2)C2CCCCS2(=O)=O)c1.O=S1CCCCC1C(O)c1ccccc1. The number of nitrogens with zero attached hydrogens (tertiary/aromatic N) is 2. The molecule has 3 aromatic rings. The molecule has 3 N–H and O–H groups in total. The third-order valence-corrected chi connectivity index (χ3v) is 11.1. The maximum atomic E-state index is 12.5. The topological polar surface area (TPSA) is 115 Å². The van der Waals surface area contributed by atoms with Crippen LogP contribution in [0.15, 0.2) is 73.1 Å². The fourth-order valence-corrected chi connectivity index (χ4v) is 8.84. The third-order valence-electron chi connectivity index (χ3n) is 6.94. The average Bonchev–Trinajstić information content (AvgIpc) is 3.32. The maximum Gasteiger partial charge on any atom is 0.155 e. The Morgan fingerprint density at radius 1 is 0.944 bits per heavy atom. The molecule has 0 aliphatic carbocycles. The van der Waals surface area contributed by atoms with Crippen LogP contribution in [0, 0.1) is 0 Å². The van der Waals surface area contributed by atoms with E-state index in [9.17, 15) is 17.7 Å². The van der Waals surface area contributed by atoms with Crippen LogP contribution in [0.2, 0.25) is 0 Å². The van der Waals surface area contributed by atoms with Crippen LogP contribution in [0.5, 0.6) is 0 Å². The van der Waals surface area contributed by atoms with Gasteiger partial charge in [-0.1, -0.05) is 73.5 Å². The Kier molecular flexibility index (Phi) is 8.98. The Labute approximate surface area is 216 Å². The van der Waals surface area contributed by atoms with Crippen molar-refractivity contribution in [3.8, 4) is 0 Å². The lowest BCUT2D eigenvalue weighted by molar-refractivity contribution is 0.166. The van der Waals surface area contributed by atoms with E-state index in [1.165, 1.54) is 0 Å². The van der Waals surface area contributed by atoms with Crippen molar-refractivity contribution in [2.75, 3.05) is 17.2 Å². The van der Waals surface area contributed by atoms with Gasteiger partial charge in [0, 0.05) is 22.7 Å². The molecule has 2 aliphatic heterocycles. The van der Waals surface area contributed by atoms with E-state index in [2.05, 4.69) is 5.10 Å². The molecule has 5 rings (SSSR count). The lowest BCUT2D eigenvalue weighted by Crippen LogP contribution is -2.37. The largest absolute Gasteiger partial charge is 0.396 e. The summed E-state index contributed by atoms with van der Waals surface area (Å²) in [6.45, 7) is 0. The summed E-state index contributed by atoms with van der Waals surface area (Å²) in [5.74, 6) is 1.01. The fraction of sp³-hybridized carbons (Fsp3) is 0.444. The molecule has 0 amide bonds. The molecule has 2 aromatic carbocycles. The monoisotopic (exact) mass is 529 g/mol. The van der Waals surface area contributed by atoms with Gasteiger partial charge in [-0.15, -0.1) is 0 Å². The van der Waals surface area contributed by atoms with Crippen LogP contribution >= 0.6 is 0 Å². The van der Waals surface area contributed by atoms with Crippen molar-refractivity contribution >= 4 is 26.3 Å². The Bertz CT molecular complexity index is 1230.